The quantitative estimate of drug-likeness (QED) is 0.935. The molecule has 0 saturated heterocycles. The highest BCUT2D eigenvalue weighted by Gasteiger charge is 2.29. The number of rotatable bonds is 3. The molecule has 20 heavy (non-hydrogen) atoms. The Bertz CT molecular complexity index is 632. The summed E-state index contributed by atoms with van der Waals surface area (Å²) in [5, 5.41) is 0. The Kier molecular flexibility index (Phi) is 3.68. The summed E-state index contributed by atoms with van der Waals surface area (Å²) in [4.78, 5) is 1.28. The minimum absolute atomic E-state index is 0.202. The van der Waals surface area contributed by atoms with Crippen LogP contribution in [-0.4, -0.2) is 12.9 Å². The van der Waals surface area contributed by atoms with Gasteiger partial charge < -0.3 is 10.5 Å². The smallest absolute Gasteiger partial charge is 0.165 e. The van der Waals surface area contributed by atoms with Crippen LogP contribution in [0, 0.1) is 5.82 Å². The van der Waals surface area contributed by atoms with E-state index >= 15 is 0 Å². The molecule has 2 aromatic rings. The molecule has 2 unspecified atom stereocenters. The summed E-state index contributed by atoms with van der Waals surface area (Å²) in [6.07, 6.45) is 0. The Morgan fingerprint density at radius 1 is 1.30 bits per heavy atom. The summed E-state index contributed by atoms with van der Waals surface area (Å²) >= 11 is 1.81. The van der Waals surface area contributed by atoms with Crippen LogP contribution in [0.3, 0.4) is 0 Å². The van der Waals surface area contributed by atoms with E-state index < -0.39 is 0 Å². The lowest BCUT2D eigenvalue weighted by Crippen LogP contribution is -2.20. The third-order valence-corrected chi connectivity index (χ3v) is 4.94. The highest BCUT2D eigenvalue weighted by molar-refractivity contribution is 7.99. The number of hydrogen-bond donors (Lipinski definition) is 1. The molecule has 0 saturated carbocycles. The molecular formula is C16H16FNOS. The third-order valence-electron chi connectivity index (χ3n) is 3.73. The predicted molar refractivity (Wildman–Crippen MR) is 79.8 cm³/mol. The Hall–Kier alpha value is -1.52. The Morgan fingerprint density at radius 2 is 2.10 bits per heavy atom. The van der Waals surface area contributed by atoms with Gasteiger partial charge in [-0.3, -0.25) is 0 Å². The number of methoxy groups -OCH3 is 1. The van der Waals surface area contributed by atoms with Crippen molar-refractivity contribution in [1.29, 1.82) is 0 Å². The first-order valence-electron chi connectivity index (χ1n) is 6.51. The highest BCUT2D eigenvalue weighted by Crippen LogP contribution is 2.44. The van der Waals surface area contributed by atoms with E-state index in [1.807, 2.05) is 30.0 Å². The first-order valence-corrected chi connectivity index (χ1v) is 7.50. The van der Waals surface area contributed by atoms with E-state index in [9.17, 15) is 4.39 Å². The fourth-order valence-corrected chi connectivity index (χ4v) is 3.91. The molecule has 2 nitrogen and oxygen atoms in total. The van der Waals surface area contributed by atoms with Gasteiger partial charge >= 0.3 is 0 Å². The molecule has 2 N–H and O–H groups in total. The summed E-state index contributed by atoms with van der Waals surface area (Å²) < 4.78 is 18.7. The molecule has 0 aromatic heterocycles. The number of hydrogen-bond acceptors (Lipinski definition) is 3. The summed E-state index contributed by atoms with van der Waals surface area (Å²) in [7, 11) is 1.46. The van der Waals surface area contributed by atoms with Gasteiger partial charge in [-0.1, -0.05) is 24.3 Å². The average molecular weight is 289 g/mol. The number of nitrogens with two attached hydrogens (primary N) is 1. The van der Waals surface area contributed by atoms with E-state index in [1.165, 1.54) is 23.6 Å². The first kappa shape index (κ1) is 13.5. The summed E-state index contributed by atoms with van der Waals surface area (Å²) in [6.45, 7) is 0. The highest BCUT2D eigenvalue weighted by atomic mass is 32.2. The van der Waals surface area contributed by atoms with E-state index in [4.69, 9.17) is 10.5 Å². The second-order valence-electron chi connectivity index (χ2n) is 4.88. The Morgan fingerprint density at radius 3 is 2.85 bits per heavy atom. The van der Waals surface area contributed by atoms with E-state index in [-0.39, 0.29) is 23.5 Å². The average Bonchev–Trinajstić information content (AvgIpc) is 2.90. The summed E-state index contributed by atoms with van der Waals surface area (Å²) in [5.74, 6) is 1.05. The lowest BCUT2D eigenvalue weighted by molar-refractivity contribution is 0.385. The number of thioether (sulfide) groups is 1. The van der Waals surface area contributed by atoms with Gasteiger partial charge in [0.25, 0.3) is 0 Å². The van der Waals surface area contributed by atoms with Crippen molar-refractivity contribution < 1.29 is 9.13 Å². The lowest BCUT2D eigenvalue weighted by atomic mass is 9.89. The molecule has 104 valence electrons. The molecule has 0 aliphatic carbocycles. The topological polar surface area (TPSA) is 35.2 Å². The van der Waals surface area contributed by atoms with E-state index in [2.05, 4.69) is 12.1 Å². The van der Waals surface area contributed by atoms with Crippen LogP contribution < -0.4 is 10.5 Å². The zero-order valence-electron chi connectivity index (χ0n) is 11.2. The van der Waals surface area contributed by atoms with Crippen LogP contribution in [0.25, 0.3) is 0 Å². The van der Waals surface area contributed by atoms with Crippen LogP contribution in [-0.2, 0) is 0 Å². The SMILES string of the molecule is COc1ccc(C(N)C2CSc3ccccc32)cc1F. The molecule has 0 amide bonds. The van der Waals surface area contributed by atoms with Crippen molar-refractivity contribution >= 4 is 11.8 Å². The van der Waals surface area contributed by atoms with Crippen molar-refractivity contribution in [3.8, 4) is 5.75 Å². The number of benzene rings is 2. The minimum Gasteiger partial charge on any atom is -0.494 e. The first-order chi connectivity index (χ1) is 9.70. The largest absolute Gasteiger partial charge is 0.494 e. The monoisotopic (exact) mass is 289 g/mol. The van der Waals surface area contributed by atoms with Crippen LogP contribution in [0.5, 0.6) is 5.75 Å². The maximum Gasteiger partial charge on any atom is 0.165 e. The molecule has 4 heteroatoms. The molecule has 1 heterocycles. The van der Waals surface area contributed by atoms with Gasteiger partial charge in [-0.2, -0.15) is 0 Å². The maximum atomic E-state index is 13.8. The van der Waals surface area contributed by atoms with Gasteiger partial charge in [0, 0.05) is 22.6 Å². The van der Waals surface area contributed by atoms with Crippen molar-refractivity contribution in [2.45, 2.75) is 16.9 Å². The molecule has 3 rings (SSSR count). The molecule has 0 radical (unpaired) electrons. The van der Waals surface area contributed by atoms with E-state index in [0.717, 1.165) is 11.3 Å². The molecule has 2 aromatic carbocycles. The molecule has 2 atom stereocenters. The molecule has 1 aliphatic heterocycles. The lowest BCUT2D eigenvalue weighted by Gasteiger charge is -2.20. The van der Waals surface area contributed by atoms with Gasteiger partial charge in [0.2, 0.25) is 0 Å². The standard InChI is InChI=1S/C16H16FNOS/c1-19-14-7-6-10(8-13(14)17)16(18)12-9-20-15-5-3-2-4-11(12)15/h2-8,12,16H,9,18H2,1H3. The van der Waals surface area contributed by atoms with Gasteiger partial charge in [0.15, 0.2) is 11.6 Å². The molecule has 0 fully saturated rings. The van der Waals surface area contributed by atoms with E-state index in [0.29, 0.717) is 0 Å². The van der Waals surface area contributed by atoms with Crippen molar-refractivity contribution in [2.75, 3.05) is 12.9 Å². The fraction of sp³-hybridized carbons (Fsp3) is 0.250. The molecular weight excluding hydrogens is 273 g/mol. The van der Waals surface area contributed by atoms with Crippen molar-refractivity contribution in [3.05, 3.63) is 59.4 Å². The zero-order valence-corrected chi connectivity index (χ0v) is 12.0. The predicted octanol–water partition coefficient (Wildman–Crippen LogP) is 3.72. The summed E-state index contributed by atoms with van der Waals surface area (Å²) in [6, 6.07) is 13.0. The second kappa shape index (κ2) is 5.46. The Labute approximate surface area is 122 Å². The number of ether oxygens (including phenoxy) is 1. The van der Waals surface area contributed by atoms with Crippen LogP contribution in [0.1, 0.15) is 23.1 Å². The summed E-state index contributed by atoms with van der Waals surface area (Å²) in [5.41, 5.74) is 8.43. The van der Waals surface area contributed by atoms with Gasteiger partial charge in [0.05, 0.1) is 7.11 Å². The molecule has 0 spiro atoms. The van der Waals surface area contributed by atoms with Crippen LogP contribution in [0.2, 0.25) is 0 Å². The fourth-order valence-electron chi connectivity index (χ4n) is 2.61. The van der Waals surface area contributed by atoms with Gasteiger partial charge in [-0.05, 0) is 29.3 Å². The van der Waals surface area contributed by atoms with Crippen LogP contribution in [0.4, 0.5) is 4.39 Å². The van der Waals surface area contributed by atoms with Gasteiger partial charge in [-0.15, -0.1) is 11.8 Å². The minimum atomic E-state index is -0.362. The molecule has 1 aliphatic rings. The van der Waals surface area contributed by atoms with Crippen LogP contribution in [0.15, 0.2) is 47.4 Å². The van der Waals surface area contributed by atoms with Crippen molar-refractivity contribution in [2.24, 2.45) is 5.73 Å². The maximum absolute atomic E-state index is 13.8. The van der Waals surface area contributed by atoms with Crippen molar-refractivity contribution in [3.63, 3.8) is 0 Å². The zero-order chi connectivity index (χ0) is 14.1. The number of fused-ring (bicyclic) bond motifs is 1. The van der Waals surface area contributed by atoms with Gasteiger partial charge in [-0.25, -0.2) is 4.39 Å². The number of halogens is 1. The Balaban J connectivity index is 1.90. The second-order valence-corrected chi connectivity index (χ2v) is 5.94. The van der Waals surface area contributed by atoms with Gasteiger partial charge in [0.1, 0.15) is 0 Å². The van der Waals surface area contributed by atoms with Crippen LogP contribution >= 0.6 is 11.8 Å². The normalized spacial score (nSPS) is 18.6. The van der Waals surface area contributed by atoms with E-state index in [1.54, 1.807) is 6.07 Å². The molecule has 0 bridgehead atoms. The third kappa shape index (κ3) is 2.30. The van der Waals surface area contributed by atoms with Crippen molar-refractivity contribution in [1.82, 2.24) is 0 Å².